The molecule has 0 N–H and O–H groups in total. The first-order valence-corrected chi connectivity index (χ1v) is 12.9. The number of amides is 1. The topological polar surface area (TPSA) is 58.1 Å². The number of carbonyl (C=O) groups is 1. The zero-order chi connectivity index (χ0) is 24.8. The molecule has 7 heteroatoms. The van der Waals surface area contributed by atoms with Crippen LogP contribution in [0.5, 0.6) is 17.4 Å². The predicted molar refractivity (Wildman–Crippen MR) is 138 cm³/mol. The number of rotatable bonds is 3. The smallest absolute Gasteiger partial charge is 0.236 e. The highest BCUT2D eigenvalue weighted by molar-refractivity contribution is 5.78. The van der Waals surface area contributed by atoms with Gasteiger partial charge < -0.3 is 14.4 Å². The fourth-order valence-corrected chi connectivity index (χ4v) is 4.75. The van der Waals surface area contributed by atoms with Crippen molar-refractivity contribution in [2.75, 3.05) is 45.9 Å². The fraction of sp³-hybridized carbons (Fsp3) is 0.571. The Balaban J connectivity index is 1.52. The monoisotopic (exact) mass is 480 g/mol. The number of carbonyl (C=O) groups excluding carboxylic acids is 1. The molecule has 2 aliphatic rings. The number of piperazine rings is 1. The van der Waals surface area contributed by atoms with Crippen LogP contribution in [0.15, 0.2) is 42.6 Å². The summed E-state index contributed by atoms with van der Waals surface area (Å²) in [5.74, 6) is 2.15. The third kappa shape index (κ3) is 6.95. The van der Waals surface area contributed by atoms with E-state index in [0.717, 1.165) is 56.9 Å². The van der Waals surface area contributed by atoms with Gasteiger partial charge in [0.1, 0.15) is 0 Å². The van der Waals surface area contributed by atoms with E-state index >= 15 is 0 Å². The van der Waals surface area contributed by atoms with Crippen LogP contribution in [0.25, 0.3) is 0 Å². The van der Waals surface area contributed by atoms with Gasteiger partial charge in [-0.25, -0.2) is 4.98 Å². The molecule has 3 heterocycles. The Morgan fingerprint density at radius 1 is 1.03 bits per heavy atom. The fourth-order valence-electron chi connectivity index (χ4n) is 4.75. The lowest BCUT2D eigenvalue weighted by Crippen LogP contribution is -2.52. The summed E-state index contributed by atoms with van der Waals surface area (Å²) in [7, 11) is 0. The highest BCUT2D eigenvalue weighted by Crippen LogP contribution is 2.34. The van der Waals surface area contributed by atoms with E-state index in [2.05, 4.69) is 42.5 Å². The quantitative estimate of drug-likeness (QED) is 0.648. The van der Waals surface area contributed by atoms with Crippen molar-refractivity contribution in [3.8, 4) is 17.4 Å². The number of fused-ring (bicyclic) bond motifs is 2. The van der Waals surface area contributed by atoms with E-state index in [1.165, 1.54) is 0 Å². The van der Waals surface area contributed by atoms with Gasteiger partial charge in [-0.1, -0.05) is 32.0 Å². The molecule has 0 atom stereocenters. The lowest BCUT2D eigenvalue weighted by Gasteiger charge is -2.37. The van der Waals surface area contributed by atoms with Crippen molar-refractivity contribution in [1.82, 2.24) is 19.7 Å². The molecule has 35 heavy (non-hydrogen) atoms. The number of hydrogen-bond acceptors (Lipinski definition) is 6. The minimum atomic E-state index is 0.00905. The molecule has 2 aromatic rings. The van der Waals surface area contributed by atoms with E-state index in [4.69, 9.17) is 9.47 Å². The molecule has 190 valence electrons. The number of hydrogen-bond donors (Lipinski definition) is 0. The normalized spacial score (nSPS) is 19.9. The van der Waals surface area contributed by atoms with Gasteiger partial charge >= 0.3 is 0 Å². The second kappa shape index (κ2) is 11.4. The van der Waals surface area contributed by atoms with Gasteiger partial charge in [-0.3, -0.25) is 14.6 Å². The third-order valence-corrected chi connectivity index (χ3v) is 7.00. The van der Waals surface area contributed by atoms with E-state index in [9.17, 15) is 4.79 Å². The predicted octanol–water partition coefficient (Wildman–Crippen LogP) is 4.43. The molecular formula is C28H40N4O3. The summed E-state index contributed by atoms with van der Waals surface area (Å²) in [4.78, 5) is 24.5. The molecule has 1 fully saturated rings. The van der Waals surface area contributed by atoms with Crippen molar-refractivity contribution in [2.45, 2.75) is 53.1 Å². The zero-order valence-electron chi connectivity index (χ0n) is 21.7. The maximum Gasteiger partial charge on any atom is 0.236 e. The summed E-state index contributed by atoms with van der Waals surface area (Å²) in [6.45, 7) is 14.8. The van der Waals surface area contributed by atoms with Crippen molar-refractivity contribution >= 4 is 5.91 Å². The van der Waals surface area contributed by atoms with Gasteiger partial charge in [-0.05, 0) is 56.8 Å². The minimum absolute atomic E-state index is 0.00905. The number of pyridine rings is 1. The van der Waals surface area contributed by atoms with Gasteiger partial charge in [-0.15, -0.1) is 0 Å². The summed E-state index contributed by atoms with van der Waals surface area (Å²) >= 11 is 0. The molecule has 1 amide bonds. The molecule has 2 aliphatic heterocycles. The van der Waals surface area contributed by atoms with Gasteiger partial charge in [0, 0.05) is 50.5 Å². The maximum atomic E-state index is 13.3. The van der Waals surface area contributed by atoms with Crippen molar-refractivity contribution < 1.29 is 14.3 Å². The first-order chi connectivity index (χ1) is 16.8. The lowest BCUT2D eigenvalue weighted by atomic mass is 9.88. The zero-order valence-corrected chi connectivity index (χ0v) is 21.7. The molecule has 7 nitrogen and oxygen atoms in total. The van der Waals surface area contributed by atoms with Crippen LogP contribution in [0.2, 0.25) is 0 Å². The van der Waals surface area contributed by atoms with Crippen LogP contribution in [0.3, 0.4) is 0 Å². The van der Waals surface area contributed by atoms with Crippen LogP contribution in [0.1, 0.15) is 46.1 Å². The van der Waals surface area contributed by atoms with Crippen LogP contribution < -0.4 is 9.47 Å². The number of para-hydroxylation sites is 2. The number of ether oxygens (including phenoxy) is 2. The van der Waals surface area contributed by atoms with E-state index < -0.39 is 0 Å². The molecule has 1 saturated heterocycles. The summed E-state index contributed by atoms with van der Waals surface area (Å²) in [6.07, 6.45) is 3.74. The Morgan fingerprint density at radius 3 is 2.51 bits per heavy atom. The van der Waals surface area contributed by atoms with Gasteiger partial charge in [0.15, 0.2) is 11.5 Å². The Hall–Kier alpha value is -2.64. The SMILES string of the molecule is CC(C)N1CCN(C(=O)CN2CCCC(C)(C)COc3ccccc3Oc3ncccc3C2)CC1. The first-order valence-electron chi connectivity index (χ1n) is 12.9. The minimum Gasteiger partial charge on any atom is -0.489 e. The van der Waals surface area contributed by atoms with Crippen LogP contribution in [-0.2, 0) is 11.3 Å². The van der Waals surface area contributed by atoms with Gasteiger partial charge in [-0.2, -0.15) is 0 Å². The summed E-state index contributed by atoms with van der Waals surface area (Å²) in [5.41, 5.74) is 0.980. The summed E-state index contributed by atoms with van der Waals surface area (Å²) < 4.78 is 12.5. The van der Waals surface area contributed by atoms with Gasteiger partial charge in [0.25, 0.3) is 0 Å². The van der Waals surface area contributed by atoms with Crippen LogP contribution in [0.4, 0.5) is 0 Å². The number of benzene rings is 1. The van der Waals surface area contributed by atoms with E-state index in [-0.39, 0.29) is 11.3 Å². The highest BCUT2D eigenvalue weighted by Gasteiger charge is 2.26. The molecule has 0 unspecified atom stereocenters. The third-order valence-electron chi connectivity index (χ3n) is 7.00. The number of aromatic nitrogens is 1. The molecule has 1 aromatic carbocycles. The Bertz CT molecular complexity index is 986. The molecule has 1 aromatic heterocycles. The second-order valence-corrected chi connectivity index (χ2v) is 10.8. The average Bonchev–Trinajstić information content (AvgIpc) is 2.85. The van der Waals surface area contributed by atoms with Gasteiger partial charge in [0.05, 0.1) is 13.2 Å². The van der Waals surface area contributed by atoms with Gasteiger partial charge in [0.2, 0.25) is 11.8 Å². The van der Waals surface area contributed by atoms with Crippen LogP contribution in [0, 0.1) is 5.41 Å². The summed E-state index contributed by atoms with van der Waals surface area (Å²) in [5, 5.41) is 0. The molecule has 4 rings (SSSR count). The molecular weight excluding hydrogens is 440 g/mol. The van der Waals surface area contributed by atoms with Crippen molar-refractivity contribution in [2.24, 2.45) is 5.41 Å². The van der Waals surface area contributed by atoms with Crippen molar-refractivity contribution in [3.05, 3.63) is 48.2 Å². The molecule has 0 aliphatic carbocycles. The molecule has 0 bridgehead atoms. The van der Waals surface area contributed by atoms with E-state index in [0.29, 0.717) is 37.4 Å². The Morgan fingerprint density at radius 2 is 1.77 bits per heavy atom. The lowest BCUT2D eigenvalue weighted by molar-refractivity contribution is -0.134. The Kier molecular flexibility index (Phi) is 8.29. The first kappa shape index (κ1) is 25.5. The molecule has 0 saturated carbocycles. The average molecular weight is 481 g/mol. The molecule has 0 spiro atoms. The Labute approximate surface area is 210 Å². The second-order valence-electron chi connectivity index (χ2n) is 10.8. The molecule has 0 radical (unpaired) electrons. The van der Waals surface area contributed by atoms with Crippen LogP contribution in [-0.4, -0.2) is 77.5 Å². The van der Waals surface area contributed by atoms with E-state index in [1.807, 2.05) is 41.3 Å². The largest absolute Gasteiger partial charge is 0.489 e. The van der Waals surface area contributed by atoms with Crippen molar-refractivity contribution in [3.63, 3.8) is 0 Å². The standard InChI is InChI=1S/C28H40N4O3/c1-22(2)31-15-17-32(18-16-31)26(33)20-30-14-8-12-28(3,4)21-34-24-10-5-6-11-25(24)35-27-23(19-30)9-7-13-29-27/h5-7,9-11,13,22H,8,12,14-21H2,1-4H3. The number of nitrogens with zero attached hydrogens (tertiary/aromatic N) is 4. The highest BCUT2D eigenvalue weighted by atomic mass is 16.5. The maximum absolute atomic E-state index is 13.3. The summed E-state index contributed by atoms with van der Waals surface area (Å²) in [6, 6.07) is 12.2. The van der Waals surface area contributed by atoms with E-state index in [1.54, 1.807) is 6.20 Å². The van der Waals surface area contributed by atoms with Crippen LogP contribution >= 0.6 is 0 Å². The van der Waals surface area contributed by atoms with Crippen molar-refractivity contribution in [1.29, 1.82) is 0 Å².